The van der Waals surface area contributed by atoms with Crippen molar-refractivity contribution in [2.45, 2.75) is 40.2 Å². The van der Waals surface area contributed by atoms with E-state index < -0.39 is 11.5 Å². The van der Waals surface area contributed by atoms with Gasteiger partial charge in [-0.2, -0.15) is 0 Å². The highest BCUT2D eigenvalue weighted by molar-refractivity contribution is 6.23. The Kier molecular flexibility index (Phi) is 12.4. The summed E-state index contributed by atoms with van der Waals surface area (Å²) in [6.45, 7) is 10.5. The Hall–Kier alpha value is -4.53. The Morgan fingerprint density at radius 3 is 2.09 bits per heavy atom. The Bertz CT molecular complexity index is 1610. The summed E-state index contributed by atoms with van der Waals surface area (Å²) in [5.41, 5.74) is 3.58. The summed E-state index contributed by atoms with van der Waals surface area (Å²) < 4.78 is 0. The number of anilines is 2. The third-order valence-corrected chi connectivity index (χ3v) is 7.19. The van der Waals surface area contributed by atoms with Crippen molar-refractivity contribution in [3.63, 3.8) is 0 Å². The number of hydrogen-bond donors (Lipinski definition) is 3. The van der Waals surface area contributed by atoms with Crippen LogP contribution in [0.25, 0.3) is 21.9 Å². The summed E-state index contributed by atoms with van der Waals surface area (Å²) >= 11 is 0. The lowest BCUT2D eigenvalue weighted by atomic mass is 9.98. The number of pyridine rings is 1. The van der Waals surface area contributed by atoms with Gasteiger partial charge in [0.25, 0.3) is 5.91 Å². The van der Waals surface area contributed by atoms with E-state index in [1.807, 2.05) is 74.9 Å². The molecule has 0 saturated carbocycles. The fourth-order valence-electron chi connectivity index (χ4n) is 4.93. The summed E-state index contributed by atoms with van der Waals surface area (Å²) in [5, 5.41) is 18.5. The number of carbonyl (C=O) groups is 2. The van der Waals surface area contributed by atoms with E-state index in [-0.39, 0.29) is 17.9 Å². The van der Waals surface area contributed by atoms with Crippen molar-refractivity contribution in [1.29, 1.82) is 0 Å². The second-order valence-electron chi connectivity index (χ2n) is 12.2. The molecule has 4 rings (SSSR count). The monoisotopic (exact) mass is 609 g/mol. The van der Waals surface area contributed by atoms with Gasteiger partial charge in [0, 0.05) is 49.6 Å². The Morgan fingerprint density at radius 1 is 0.867 bits per heavy atom. The lowest BCUT2D eigenvalue weighted by Gasteiger charge is -2.28. The number of likely N-dealkylation sites (N-methyl/N-ethyl adjacent to an activating group) is 2. The molecule has 1 aromatic heterocycles. The molecule has 0 aliphatic heterocycles. The second-order valence-corrected chi connectivity index (χ2v) is 12.2. The minimum Gasteiger partial charge on any atom is -0.389 e. The number of amides is 1. The van der Waals surface area contributed by atoms with Crippen molar-refractivity contribution in [3.8, 4) is 11.1 Å². The number of nitrogens with zero attached hydrogens (tertiary/aromatic N) is 3. The predicted molar refractivity (Wildman–Crippen MR) is 186 cm³/mol. The van der Waals surface area contributed by atoms with Crippen LogP contribution in [0.2, 0.25) is 0 Å². The number of benzene rings is 3. The van der Waals surface area contributed by atoms with Crippen LogP contribution < -0.4 is 10.6 Å². The van der Waals surface area contributed by atoms with Crippen molar-refractivity contribution < 1.29 is 14.7 Å². The number of rotatable bonds is 11. The molecule has 0 bridgehead atoms. The fraction of sp³-hybridized carbons (Fsp3) is 0.324. The second kappa shape index (κ2) is 16.0. The molecule has 0 aliphatic carbocycles. The smallest absolute Gasteiger partial charge is 0.261 e. The first-order valence-electron chi connectivity index (χ1n) is 15.1. The maximum Gasteiger partial charge on any atom is 0.261 e. The van der Waals surface area contributed by atoms with Crippen LogP contribution in [0.3, 0.4) is 0 Å². The maximum absolute atomic E-state index is 13.1. The molecule has 0 aliphatic rings. The third-order valence-electron chi connectivity index (χ3n) is 7.19. The van der Waals surface area contributed by atoms with Gasteiger partial charge in [-0.3, -0.25) is 9.59 Å². The minimum absolute atomic E-state index is 0.0664. The normalized spacial score (nSPS) is 11.8. The van der Waals surface area contributed by atoms with E-state index in [2.05, 4.69) is 51.7 Å². The molecule has 0 radical (unpaired) electrons. The van der Waals surface area contributed by atoms with Gasteiger partial charge in [-0.25, -0.2) is 4.98 Å². The Morgan fingerprint density at radius 2 is 1.53 bits per heavy atom. The highest BCUT2D eigenvalue weighted by Gasteiger charge is 2.23. The summed E-state index contributed by atoms with van der Waals surface area (Å²) in [7, 11) is 5.83. The molecule has 0 saturated heterocycles. The molecule has 8 heteroatoms. The standard InChI is InChI=1S/C30H39N5O3.C7H8/c1-20(35(7)19-30(3,4)38)27(21(2)36)29(37)33-23-13-11-22(12-14-23)24-9-8-10-26-25(24)15-16-31-28(26)32-17-18-34(5)6;1-7-5-3-2-4-6-7/h8-16,38H,17-19H2,1-7H3,(H,31,32)(H,33,37);2-6H,1H3/b27-20+;. The number of aryl methyl sites for hydroxylation is 1. The SMILES string of the molecule is CC(=O)/C(C(=O)Nc1ccc(-c2cccc3c(NCCN(C)C)nccc23)cc1)=C(/C)N(C)CC(C)(C)O.Cc1ccccc1. The molecule has 0 spiro atoms. The van der Waals surface area contributed by atoms with E-state index in [1.54, 1.807) is 32.7 Å². The van der Waals surface area contributed by atoms with Crippen LogP contribution in [0, 0.1) is 6.92 Å². The highest BCUT2D eigenvalue weighted by atomic mass is 16.3. The van der Waals surface area contributed by atoms with Gasteiger partial charge in [0.1, 0.15) is 11.4 Å². The van der Waals surface area contributed by atoms with Crippen LogP contribution in [0.5, 0.6) is 0 Å². The zero-order chi connectivity index (χ0) is 33.1. The first-order chi connectivity index (χ1) is 21.3. The maximum atomic E-state index is 13.1. The fourth-order valence-corrected chi connectivity index (χ4v) is 4.93. The van der Waals surface area contributed by atoms with Crippen LogP contribution >= 0.6 is 0 Å². The molecular formula is C37H47N5O3. The van der Waals surface area contributed by atoms with Crippen molar-refractivity contribution >= 4 is 34.0 Å². The van der Waals surface area contributed by atoms with Crippen LogP contribution in [-0.4, -0.2) is 78.0 Å². The summed E-state index contributed by atoms with van der Waals surface area (Å²) in [6.07, 6.45) is 1.81. The summed E-state index contributed by atoms with van der Waals surface area (Å²) in [4.78, 5) is 33.8. The highest BCUT2D eigenvalue weighted by Crippen LogP contribution is 2.32. The van der Waals surface area contributed by atoms with Crippen LogP contribution in [-0.2, 0) is 9.59 Å². The van der Waals surface area contributed by atoms with E-state index in [9.17, 15) is 14.7 Å². The quantitative estimate of drug-likeness (QED) is 0.103. The van der Waals surface area contributed by atoms with Crippen LogP contribution in [0.4, 0.5) is 11.5 Å². The minimum atomic E-state index is -0.967. The molecule has 3 aromatic carbocycles. The van der Waals surface area contributed by atoms with E-state index in [0.29, 0.717) is 11.4 Å². The Balaban J connectivity index is 0.000000693. The van der Waals surface area contributed by atoms with Gasteiger partial charge in [-0.05, 0) is 83.4 Å². The van der Waals surface area contributed by atoms with Crippen LogP contribution in [0.1, 0.15) is 33.3 Å². The van der Waals surface area contributed by atoms with Gasteiger partial charge >= 0.3 is 0 Å². The molecule has 3 N–H and O–H groups in total. The topological polar surface area (TPSA) is 97.8 Å². The number of ketones is 1. The Labute approximate surface area is 267 Å². The summed E-state index contributed by atoms with van der Waals surface area (Å²) in [6, 6.07) is 26.0. The van der Waals surface area contributed by atoms with E-state index in [0.717, 1.165) is 40.8 Å². The van der Waals surface area contributed by atoms with Crippen molar-refractivity contribution in [1.82, 2.24) is 14.8 Å². The number of aromatic nitrogens is 1. The van der Waals surface area contributed by atoms with E-state index >= 15 is 0 Å². The van der Waals surface area contributed by atoms with Gasteiger partial charge in [-0.1, -0.05) is 66.2 Å². The zero-order valence-corrected chi connectivity index (χ0v) is 27.8. The lowest BCUT2D eigenvalue weighted by Crippen LogP contribution is -2.37. The number of aliphatic hydroxyl groups is 1. The first-order valence-corrected chi connectivity index (χ1v) is 15.1. The molecule has 0 unspecified atom stereocenters. The molecule has 0 atom stereocenters. The largest absolute Gasteiger partial charge is 0.389 e. The van der Waals surface area contributed by atoms with Crippen molar-refractivity contribution in [2.24, 2.45) is 0 Å². The van der Waals surface area contributed by atoms with Gasteiger partial charge in [-0.15, -0.1) is 0 Å². The molecule has 1 amide bonds. The number of carbonyl (C=O) groups excluding carboxylic acids is 2. The third kappa shape index (κ3) is 10.6. The first kappa shape index (κ1) is 35.0. The van der Waals surface area contributed by atoms with Gasteiger partial charge in [0.05, 0.1) is 5.60 Å². The average Bonchev–Trinajstić information content (AvgIpc) is 2.97. The molecule has 0 fully saturated rings. The molecule has 45 heavy (non-hydrogen) atoms. The number of fused-ring (bicyclic) bond motifs is 1. The zero-order valence-electron chi connectivity index (χ0n) is 27.8. The van der Waals surface area contributed by atoms with Gasteiger partial charge in [0.2, 0.25) is 0 Å². The van der Waals surface area contributed by atoms with Crippen LogP contribution in [0.15, 0.2) is 96.3 Å². The van der Waals surface area contributed by atoms with Crippen molar-refractivity contribution in [2.75, 3.05) is 51.4 Å². The number of Topliss-reactive ketones (excluding diaryl/α,β-unsaturated/α-hetero) is 1. The summed E-state index contributed by atoms with van der Waals surface area (Å²) in [5.74, 6) is 0.0390. The van der Waals surface area contributed by atoms with Gasteiger partial charge in [0.15, 0.2) is 5.78 Å². The van der Waals surface area contributed by atoms with Crippen molar-refractivity contribution in [3.05, 3.63) is 102 Å². The predicted octanol–water partition coefficient (Wildman–Crippen LogP) is 6.37. The van der Waals surface area contributed by atoms with E-state index in [4.69, 9.17) is 0 Å². The lowest BCUT2D eigenvalue weighted by molar-refractivity contribution is -0.119. The molecule has 1 heterocycles. The number of nitrogens with one attached hydrogen (secondary N) is 2. The van der Waals surface area contributed by atoms with E-state index in [1.165, 1.54) is 12.5 Å². The average molecular weight is 610 g/mol. The molecule has 4 aromatic rings. The van der Waals surface area contributed by atoms with Gasteiger partial charge < -0.3 is 25.5 Å². The molecule has 238 valence electrons. The molecule has 8 nitrogen and oxygen atoms in total. The number of allylic oxidation sites excluding steroid dienone is 1. The molecular weight excluding hydrogens is 562 g/mol. The number of hydrogen-bond acceptors (Lipinski definition) is 7.